The Morgan fingerprint density at radius 3 is 2.42 bits per heavy atom. The van der Waals surface area contributed by atoms with Crippen LogP contribution in [0.15, 0.2) is 53.9 Å². The Morgan fingerprint density at radius 2 is 1.81 bits per heavy atom. The molecule has 2 aromatic rings. The molecule has 0 unspecified atom stereocenters. The molecule has 4 nitrogen and oxygen atoms in total. The minimum Gasteiger partial charge on any atom is -0.491 e. The smallest absolute Gasteiger partial charge is 0.416 e. The van der Waals surface area contributed by atoms with Crippen molar-refractivity contribution in [2.45, 2.75) is 19.5 Å². The number of rotatable bonds is 7. The largest absolute Gasteiger partial charge is 0.491 e. The van der Waals surface area contributed by atoms with Gasteiger partial charge in [0.2, 0.25) is 0 Å². The van der Waals surface area contributed by atoms with Gasteiger partial charge >= 0.3 is 6.18 Å². The van der Waals surface area contributed by atoms with Gasteiger partial charge in [0.05, 0.1) is 23.3 Å². The Morgan fingerprint density at radius 1 is 1.12 bits per heavy atom. The summed E-state index contributed by atoms with van der Waals surface area (Å²) < 4.78 is 70.7. The van der Waals surface area contributed by atoms with Crippen molar-refractivity contribution >= 4 is 21.8 Å². The fourth-order valence-electron chi connectivity index (χ4n) is 2.04. The fraction of sp³-hybridized carbons (Fsp3) is 0.222. The molecule has 140 valence electrons. The average molecular weight is 385 g/mol. The molecule has 0 aliphatic carbocycles. The Labute approximate surface area is 150 Å². The third-order valence-corrected chi connectivity index (χ3v) is 4.26. The van der Waals surface area contributed by atoms with Gasteiger partial charge in [-0.05, 0) is 36.3 Å². The molecule has 0 atom stereocenters. The Hall–Kier alpha value is -2.48. The van der Waals surface area contributed by atoms with E-state index < -0.39 is 21.8 Å². The van der Waals surface area contributed by atoms with E-state index in [0.29, 0.717) is 12.0 Å². The van der Waals surface area contributed by atoms with Gasteiger partial charge in [-0.15, -0.1) is 0 Å². The standard InChI is InChI=1S/C18H18F3NO3S/c1-2-11-25-17-9-8-15(18(19,20)21)13-16(17)22-26(23,24)12-10-14-6-4-3-5-7-14/h3-10,12-13,22H,2,11H2,1H3/b12-10+. The third-order valence-electron chi connectivity index (χ3n) is 3.26. The van der Waals surface area contributed by atoms with Crippen LogP contribution < -0.4 is 9.46 Å². The van der Waals surface area contributed by atoms with Crippen molar-refractivity contribution in [2.24, 2.45) is 0 Å². The molecule has 0 heterocycles. The first-order valence-electron chi connectivity index (χ1n) is 7.81. The molecule has 0 aliphatic rings. The summed E-state index contributed by atoms with van der Waals surface area (Å²) in [4.78, 5) is 0. The van der Waals surface area contributed by atoms with Gasteiger partial charge in [0.15, 0.2) is 0 Å². The number of nitrogens with one attached hydrogen (secondary N) is 1. The zero-order valence-electron chi connectivity index (χ0n) is 14.0. The molecule has 0 aromatic heterocycles. The molecule has 8 heteroatoms. The van der Waals surface area contributed by atoms with E-state index in [1.54, 1.807) is 30.3 Å². The zero-order chi connectivity index (χ0) is 19.2. The van der Waals surface area contributed by atoms with Crippen molar-refractivity contribution in [1.29, 1.82) is 0 Å². The first kappa shape index (κ1) is 19.8. The van der Waals surface area contributed by atoms with E-state index in [0.717, 1.165) is 23.6 Å². The second-order valence-electron chi connectivity index (χ2n) is 5.42. The lowest BCUT2D eigenvalue weighted by atomic mass is 10.2. The summed E-state index contributed by atoms with van der Waals surface area (Å²) in [5.41, 5.74) is -0.582. The SMILES string of the molecule is CCCOc1ccc(C(F)(F)F)cc1NS(=O)(=O)/C=C/c1ccccc1. The highest BCUT2D eigenvalue weighted by Gasteiger charge is 2.31. The van der Waals surface area contributed by atoms with Crippen LogP contribution in [0.5, 0.6) is 5.75 Å². The summed E-state index contributed by atoms with van der Waals surface area (Å²) >= 11 is 0. The lowest BCUT2D eigenvalue weighted by molar-refractivity contribution is -0.137. The summed E-state index contributed by atoms with van der Waals surface area (Å²) in [7, 11) is -4.02. The predicted molar refractivity (Wildman–Crippen MR) is 95.2 cm³/mol. The van der Waals surface area contributed by atoms with Gasteiger partial charge in [0.1, 0.15) is 5.75 Å². The molecular formula is C18H18F3NO3S. The Bertz CT molecular complexity index is 863. The molecule has 0 aliphatic heterocycles. The minimum atomic E-state index is -4.59. The van der Waals surface area contributed by atoms with Gasteiger partial charge in [-0.2, -0.15) is 13.2 Å². The van der Waals surface area contributed by atoms with E-state index in [9.17, 15) is 21.6 Å². The molecule has 26 heavy (non-hydrogen) atoms. The van der Waals surface area contributed by atoms with Crippen molar-refractivity contribution in [3.63, 3.8) is 0 Å². The summed E-state index contributed by atoms with van der Waals surface area (Å²) in [5.74, 6) is 0.0385. The number of ether oxygens (including phenoxy) is 1. The second kappa shape index (κ2) is 8.27. The maximum Gasteiger partial charge on any atom is 0.416 e. The van der Waals surface area contributed by atoms with Crippen LogP contribution in [0.2, 0.25) is 0 Å². The molecule has 2 rings (SSSR count). The van der Waals surface area contributed by atoms with Crippen molar-refractivity contribution in [2.75, 3.05) is 11.3 Å². The molecule has 0 saturated heterocycles. The fourth-order valence-corrected chi connectivity index (χ4v) is 2.91. The first-order valence-corrected chi connectivity index (χ1v) is 9.36. The molecular weight excluding hydrogens is 367 g/mol. The molecule has 0 fully saturated rings. The predicted octanol–water partition coefficient (Wildman–Crippen LogP) is 4.91. The van der Waals surface area contributed by atoms with Crippen LogP contribution in [0.25, 0.3) is 6.08 Å². The molecule has 2 aromatic carbocycles. The van der Waals surface area contributed by atoms with E-state index >= 15 is 0 Å². The van der Waals surface area contributed by atoms with Crippen LogP contribution in [0.3, 0.4) is 0 Å². The average Bonchev–Trinajstić information content (AvgIpc) is 2.59. The van der Waals surface area contributed by atoms with Crippen molar-refractivity contribution < 1.29 is 26.3 Å². The van der Waals surface area contributed by atoms with Crippen LogP contribution in [0.4, 0.5) is 18.9 Å². The molecule has 0 amide bonds. The highest BCUT2D eigenvalue weighted by Crippen LogP contribution is 2.35. The Balaban J connectivity index is 2.31. The highest BCUT2D eigenvalue weighted by molar-refractivity contribution is 7.95. The zero-order valence-corrected chi connectivity index (χ0v) is 14.8. The summed E-state index contributed by atoms with van der Waals surface area (Å²) in [6.45, 7) is 2.08. The molecule has 1 N–H and O–H groups in total. The number of sulfonamides is 1. The molecule has 0 bridgehead atoms. The maximum absolute atomic E-state index is 12.9. The molecule has 0 saturated carbocycles. The molecule has 0 radical (unpaired) electrons. The van der Waals surface area contributed by atoms with Crippen molar-refractivity contribution in [1.82, 2.24) is 0 Å². The summed E-state index contributed by atoms with van der Waals surface area (Å²) in [5, 5.41) is 0.895. The number of hydrogen-bond acceptors (Lipinski definition) is 3. The number of hydrogen-bond donors (Lipinski definition) is 1. The maximum atomic E-state index is 12.9. The van der Waals surface area contributed by atoms with E-state index in [4.69, 9.17) is 4.74 Å². The van der Waals surface area contributed by atoms with Gasteiger partial charge in [0, 0.05) is 0 Å². The van der Waals surface area contributed by atoms with Gasteiger partial charge in [-0.3, -0.25) is 4.72 Å². The molecule has 0 spiro atoms. The number of anilines is 1. The van der Waals surface area contributed by atoms with E-state index in [1.807, 2.05) is 6.92 Å². The van der Waals surface area contributed by atoms with Crippen LogP contribution in [0, 0.1) is 0 Å². The minimum absolute atomic E-state index is 0.0385. The van der Waals surface area contributed by atoms with Gasteiger partial charge in [-0.1, -0.05) is 37.3 Å². The van der Waals surface area contributed by atoms with E-state index in [-0.39, 0.29) is 18.0 Å². The first-order chi connectivity index (χ1) is 12.2. The number of alkyl halides is 3. The summed E-state index contributed by atoms with van der Waals surface area (Å²) in [6.07, 6.45) is -2.62. The normalized spacial score (nSPS) is 12.3. The van der Waals surface area contributed by atoms with Crippen molar-refractivity contribution in [3.05, 3.63) is 65.1 Å². The second-order valence-corrected chi connectivity index (χ2v) is 6.98. The van der Waals surface area contributed by atoms with Crippen LogP contribution in [-0.4, -0.2) is 15.0 Å². The van der Waals surface area contributed by atoms with Gasteiger partial charge < -0.3 is 4.74 Å². The van der Waals surface area contributed by atoms with Gasteiger partial charge in [-0.25, -0.2) is 8.42 Å². The number of halogens is 3. The lowest BCUT2D eigenvalue weighted by Crippen LogP contribution is -2.13. The Kier molecular flexibility index (Phi) is 6.31. The summed E-state index contributed by atoms with van der Waals surface area (Å²) in [6, 6.07) is 11.3. The topological polar surface area (TPSA) is 55.4 Å². The highest BCUT2D eigenvalue weighted by atomic mass is 32.2. The van der Waals surface area contributed by atoms with Crippen molar-refractivity contribution in [3.8, 4) is 5.75 Å². The van der Waals surface area contributed by atoms with E-state index in [1.165, 1.54) is 6.08 Å². The lowest BCUT2D eigenvalue weighted by Gasteiger charge is -2.15. The monoisotopic (exact) mass is 385 g/mol. The van der Waals surface area contributed by atoms with Crippen LogP contribution in [-0.2, 0) is 16.2 Å². The third kappa shape index (κ3) is 5.80. The number of benzene rings is 2. The quantitative estimate of drug-likeness (QED) is 0.737. The van der Waals surface area contributed by atoms with Crippen LogP contribution >= 0.6 is 0 Å². The van der Waals surface area contributed by atoms with Crippen LogP contribution in [0.1, 0.15) is 24.5 Å². The van der Waals surface area contributed by atoms with E-state index in [2.05, 4.69) is 4.72 Å². The van der Waals surface area contributed by atoms with Gasteiger partial charge in [0.25, 0.3) is 10.0 Å².